The summed E-state index contributed by atoms with van der Waals surface area (Å²) in [7, 11) is -3.83. The Morgan fingerprint density at radius 2 is 1.83 bits per heavy atom. The third kappa shape index (κ3) is 3.93. The zero-order valence-electron chi connectivity index (χ0n) is 15.7. The second-order valence-electron chi connectivity index (χ2n) is 7.09. The van der Waals surface area contributed by atoms with Crippen molar-refractivity contribution < 1.29 is 23.0 Å². The van der Waals surface area contributed by atoms with Crippen molar-refractivity contribution in [3.05, 3.63) is 53.4 Å². The van der Waals surface area contributed by atoms with E-state index in [1.165, 1.54) is 34.8 Å². The Balaban J connectivity index is 1.67. The summed E-state index contributed by atoms with van der Waals surface area (Å²) in [5, 5.41) is 19.3. The van der Waals surface area contributed by atoms with Crippen molar-refractivity contribution in [2.45, 2.75) is 23.8 Å². The minimum atomic E-state index is -3.83. The molecule has 3 N–H and O–H groups in total. The number of hydrogen-bond acceptors (Lipinski definition) is 5. The fourth-order valence-corrected chi connectivity index (χ4v) is 5.33. The van der Waals surface area contributed by atoms with E-state index in [2.05, 4.69) is 9.97 Å². The van der Waals surface area contributed by atoms with Gasteiger partial charge in [-0.1, -0.05) is 11.6 Å². The number of nitrogens with zero attached hydrogens (tertiary/aromatic N) is 2. The Bertz CT molecular complexity index is 1190. The number of aromatic hydroxyl groups is 1. The average Bonchev–Trinajstić information content (AvgIpc) is 3.21. The second kappa shape index (κ2) is 7.99. The van der Waals surface area contributed by atoms with E-state index in [9.17, 15) is 23.0 Å². The number of piperidine rings is 1. The van der Waals surface area contributed by atoms with Gasteiger partial charge in [-0.3, -0.25) is 0 Å². The standard InChI is InChI=1S/C20H19ClFN3O4S/c21-15-3-1-13(10-19(15)30(28,29)25-7-5-14(26)6-8-25)20-23-11-17(24-20)12-2-4-16(22)18(27)9-12/h1-4,9-11,14,26-27H,5-8H2,(H,23,24). The van der Waals surface area contributed by atoms with Gasteiger partial charge in [-0.05, 0) is 49.2 Å². The Hall–Kier alpha value is -2.46. The second-order valence-corrected chi connectivity index (χ2v) is 9.41. The van der Waals surface area contributed by atoms with Crippen LogP contribution in [-0.4, -0.2) is 52.1 Å². The highest BCUT2D eigenvalue weighted by Crippen LogP contribution is 2.32. The first-order valence-electron chi connectivity index (χ1n) is 9.28. The number of phenolic OH excluding ortho intramolecular Hbond substituents is 1. The van der Waals surface area contributed by atoms with E-state index in [4.69, 9.17) is 11.6 Å². The molecule has 1 aliphatic rings. The number of nitrogens with one attached hydrogen (secondary N) is 1. The number of aromatic amines is 1. The molecule has 1 fully saturated rings. The van der Waals surface area contributed by atoms with Crippen LogP contribution in [0.1, 0.15) is 12.8 Å². The van der Waals surface area contributed by atoms with Crippen molar-refractivity contribution in [1.82, 2.24) is 14.3 Å². The Morgan fingerprint density at radius 1 is 1.13 bits per heavy atom. The van der Waals surface area contributed by atoms with Crippen molar-refractivity contribution >= 4 is 21.6 Å². The van der Waals surface area contributed by atoms with E-state index in [0.717, 1.165) is 6.07 Å². The summed E-state index contributed by atoms with van der Waals surface area (Å²) < 4.78 is 40.7. The highest BCUT2D eigenvalue weighted by Gasteiger charge is 2.30. The van der Waals surface area contributed by atoms with E-state index in [0.29, 0.717) is 35.5 Å². The molecule has 0 saturated carbocycles. The summed E-state index contributed by atoms with van der Waals surface area (Å²) in [4.78, 5) is 7.29. The minimum Gasteiger partial charge on any atom is -0.505 e. The predicted octanol–water partition coefficient (Wildman–Crippen LogP) is 3.39. The van der Waals surface area contributed by atoms with E-state index in [1.54, 1.807) is 6.07 Å². The Morgan fingerprint density at radius 3 is 2.53 bits per heavy atom. The summed E-state index contributed by atoms with van der Waals surface area (Å²) in [6, 6.07) is 8.51. The number of phenols is 1. The molecule has 1 aliphatic heterocycles. The third-order valence-corrected chi connectivity index (χ3v) is 7.46. The van der Waals surface area contributed by atoms with Gasteiger partial charge >= 0.3 is 0 Å². The van der Waals surface area contributed by atoms with Gasteiger partial charge in [-0.2, -0.15) is 4.31 Å². The lowest BCUT2D eigenvalue weighted by atomic mass is 10.1. The molecule has 0 aliphatic carbocycles. The summed E-state index contributed by atoms with van der Waals surface area (Å²) in [6.45, 7) is 0.450. The number of hydrogen-bond donors (Lipinski definition) is 3. The third-order valence-electron chi connectivity index (χ3n) is 5.08. The van der Waals surface area contributed by atoms with Crippen LogP contribution in [0.25, 0.3) is 22.6 Å². The van der Waals surface area contributed by atoms with E-state index >= 15 is 0 Å². The average molecular weight is 452 g/mol. The first-order valence-corrected chi connectivity index (χ1v) is 11.1. The van der Waals surface area contributed by atoms with Gasteiger partial charge in [0.1, 0.15) is 10.7 Å². The van der Waals surface area contributed by atoms with Crippen molar-refractivity contribution in [2.24, 2.45) is 0 Å². The molecule has 0 amide bonds. The SMILES string of the molecule is O=S(=O)(c1cc(-c2ncc(-c3ccc(F)c(O)c3)[nH]2)ccc1Cl)N1CCC(O)CC1. The maximum absolute atomic E-state index is 13.3. The fourth-order valence-electron chi connectivity index (χ4n) is 3.36. The number of aromatic nitrogens is 2. The van der Waals surface area contributed by atoms with E-state index in [1.807, 2.05) is 0 Å². The van der Waals surface area contributed by atoms with Crippen LogP contribution in [0.5, 0.6) is 5.75 Å². The highest BCUT2D eigenvalue weighted by molar-refractivity contribution is 7.89. The van der Waals surface area contributed by atoms with Crippen molar-refractivity contribution in [3.63, 3.8) is 0 Å². The largest absolute Gasteiger partial charge is 0.505 e. The molecule has 1 aromatic heterocycles. The molecule has 0 spiro atoms. The van der Waals surface area contributed by atoms with Crippen molar-refractivity contribution in [1.29, 1.82) is 0 Å². The number of rotatable bonds is 4. The normalized spacial score (nSPS) is 16.1. The van der Waals surface area contributed by atoms with Crippen molar-refractivity contribution in [3.8, 4) is 28.4 Å². The van der Waals surface area contributed by atoms with Gasteiger partial charge in [0.2, 0.25) is 10.0 Å². The van der Waals surface area contributed by atoms with E-state index < -0.39 is 27.7 Å². The van der Waals surface area contributed by atoms with Crippen LogP contribution in [0, 0.1) is 5.82 Å². The predicted molar refractivity (Wildman–Crippen MR) is 110 cm³/mol. The summed E-state index contributed by atoms with van der Waals surface area (Å²) >= 11 is 6.20. The Kier molecular flexibility index (Phi) is 5.54. The number of halogens is 2. The molecule has 3 aromatic rings. The minimum absolute atomic E-state index is 0.0320. The lowest BCUT2D eigenvalue weighted by Crippen LogP contribution is -2.40. The van der Waals surface area contributed by atoms with Gasteiger partial charge in [-0.25, -0.2) is 17.8 Å². The molecule has 10 heteroatoms. The maximum Gasteiger partial charge on any atom is 0.244 e. The lowest BCUT2D eigenvalue weighted by molar-refractivity contribution is 0.113. The van der Waals surface area contributed by atoms with Crippen LogP contribution in [0.3, 0.4) is 0 Å². The van der Waals surface area contributed by atoms with Crippen LogP contribution < -0.4 is 0 Å². The quantitative estimate of drug-likeness (QED) is 0.563. The summed E-state index contributed by atoms with van der Waals surface area (Å²) in [6.07, 6.45) is 1.77. The molecule has 1 saturated heterocycles. The number of imidazole rings is 1. The molecule has 30 heavy (non-hydrogen) atoms. The van der Waals surface area contributed by atoms with Gasteiger partial charge in [0, 0.05) is 24.2 Å². The molecule has 4 rings (SSSR count). The van der Waals surface area contributed by atoms with Gasteiger partial charge < -0.3 is 15.2 Å². The molecule has 0 unspecified atom stereocenters. The molecule has 0 atom stereocenters. The molecule has 7 nitrogen and oxygen atoms in total. The molecule has 2 heterocycles. The van der Waals surface area contributed by atoms with Crippen LogP contribution >= 0.6 is 11.6 Å². The first-order chi connectivity index (χ1) is 14.3. The monoisotopic (exact) mass is 451 g/mol. The zero-order valence-corrected chi connectivity index (χ0v) is 17.3. The topological polar surface area (TPSA) is 107 Å². The van der Waals surface area contributed by atoms with Gasteiger partial charge in [0.25, 0.3) is 0 Å². The van der Waals surface area contributed by atoms with Crippen LogP contribution in [0.15, 0.2) is 47.5 Å². The van der Waals surface area contributed by atoms with Gasteiger partial charge in [0.15, 0.2) is 11.6 Å². The highest BCUT2D eigenvalue weighted by atomic mass is 35.5. The fraction of sp³-hybridized carbons (Fsp3) is 0.250. The van der Waals surface area contributed by atoms with Crippen LogP contribution in [0.2, 0.25) is 5.02 Å². The summed E-state index contributed by atoms with van der Waals surface area (Å²) in [5.41, 5.74) is 1.57. The molecular weight excluding hydrogens is 433 g/mol. The molecule has 2 aromatic carbocycles. The van der Waals surface area contributed by atoms with Gasteiger partial charge in [0.05, 0.1) is 23.0 Å². The molecular formula is C20H19ClFN3O4S. The number of H-pyrrole nitrogens is 1. The van der Waals surface area contributed by atoms with E-state index in [-0.39, 0.29) is 23.0 Å². The lowest BCUT2D eigenvalue weighted by Gasteiger charge is -2.29. The van der Waals surface area contributed by atoms with Crippen molar-refractivity contribution in [2.75, 3.05) is 13.1 Å². The zero-order chi connectivity index (χ0) is 21.5. The smallest absolute Gasteiger partial charge is 0.244 e. The Labute approximate surface area is 177 Å². The molecule has 158 valence electrons. The summed E-state index contributed by atoms with van der Waals surface area (Å²) in [5.74, 6) is -0.803. The molecule has 0 bridgehead atoms. The number of sulfonamides is 1. The molecule has 0 radical (unpaired) electrons. The number of benzene rings is 2. The van der Waals surface area contributed by atoms with Gasteiger partial charge in [-0.15, -0.1) is 0 Å². The number of aliphatic hydroxyl groups is 1. The van der Waals surface area contributed by atoms with Crippen LogP contribution in [0.4, 0.5) is 4.39 Å². The number of aliphatic hydroxyl groups excluding tert-OH is 1. The van der Waals surface area contributed by atoms with Crippen LogP contribution in [-0.2, 0) is 10.0 Å². The maximum atomic E-state index is 13.3. The first kappa shape index (κ1) is 20.8.